The molecule has 2 rings (SSSR count). The molecule has 4 nitrogen and oxygen atoms in total. The van der Waals surface area contributed by atoms with E-state index in [9.17, 15) is 5.26 Å². The summed E-state index contributed by atoms with van der Waals surface area (Å²) in [4.78, 5) is 0. The minimum absolute atomic E-state index is 0.423. The van der Waals surface area contributed by atoms with Crippen LogP contribution in [0.3, 0.4) is 0 Å². The second kappa shape index (κ2) is 6.25. The fraction of sp³-hybridized carbons (Fsp3) is 0.643. The summed E-state index contributed by atoms with van der Waals surface area (Å²) >= 11 is 1.96. The van der Waals surface area contributed by atoms with Crippen molar-refractivity contribution in [1.82, 2.24) is 10.2 Å². The van der Waals surface area contributed by atoms with Gasteiger partial charge in [-0.1, -0.05) is 0 Å². The van der Waals surface area contributed by atoms with Gasteiger partial charge in [-0.25, -0.2) is 0 Å². The number of thioether (sulfide) groups is 1. The van der Waals surface area contributed by atoms with E-state index in [-0.39, 0.29) is 0 Å². The van der Waals surface area contributed by atoms with Crippen molar-refractivity contribution in [2.45, 2.75) is 50.8 Å². The molecule has 1 aliphatic rings. The molecule has 1 fully saturated rings. The van der Waals surface area contributed by atoms with E-state index in [4.69, 9.17) is 0 Å². The number of hydrogen-bond donors (Lipinski definition) is 1. The van der Waals surface area contributed by atoms with Gasteiger partial charge in [0.05, 0.1) is 5.69 Å². The number of nitrogens with zero attached hydrogens (tertiary/aromatic N) is 3. The van der Waals surface area contributed by atoms with Crippen LogP contribution in [0.5, 0.6) is 0 Å². The Balaban J connectivity index is 2.08. The second-order valence-electron chi connectivity index (χ2n) is 5.10. The van der Waals surface area contributed by atoms with Crippen LogP contribution in [-0.4, -0.2) is 27.7 Å². The van der Waals surface area contributed by atoms with Gasteiger partial charge in [0.25, 0.3) is 0 Å². The summed E-state index contributed by atoms with van der Waals surface area (Å²) in [5.41, 5.74) is 2.39. The van der Waals surface area contributed by atoms with Gasteiger partial charge in [0.15, 0.2) is 5.82 Å². The zero-order valence-electron chi connectivity index (χ0n) is 11.7. The predicted molar refractivity (Wildman–Crippen MR) is 79.4 cm³/mol. The first-order valence-corrected chi connectivity index (χ1v) is 7.97. The van der Waals surface area contributed by atoms with Gasteiger partial charge in [-0.05, 0) is 51.3 Å². The minimum Gasteiger partial charge on any atom is -0.365 e. The zero-order chi connectivity index (χ0) is 13.8. The van der Waals surface area contributed by atoms with Crippen molar-refractivity contribution in [2.75, 3.05) is 11.6 Å². The van der Waals surface area contributed by atoms with Gasteiger partial charge >= 0.3 is 0 Å². The smallest absolute Gasteiger partial charge is 0.167 e. The summed E-state index contributed by atoms with van der Waals surface area (Å²) in [6.45, 7) is 3.81. The Kier molecular flexibility index (Phi) is 4.65. The summed E-state index contributed by atoms with van der Waals surface area (Å²) < 4.78 is 0. The summed E-state index contributed by atoms with van der Waals surface area (Å²) in [6, 6.07) is 2.67. The molecule has 1 heterocycles. The lowest BCUT2D eigenvalue weighted by Gasteiger charge is -2.28. The van der Waals surface area contributed by atoms with Crippen LogP contribution in [0.4, 0.5) is 5.82 Å². The number of aryl methyl sites for hydroxylation is 1. The molecule has 0 spiro atoms. The standard InChI is InChI=1S/C14H20N4S/c1-9-10(2)17-18-14(13(9)8-15)16-11-4-6-12(19-3)7-5-11/h11-12H,4-7H2,1-3H3,(H,16,18). The summed E-state index contributed by atoms with van der Waals surface area (Å²) in [7, 11) is 0. The molecule has 0 atom stereocenters. The third kappa shape index (κ3) is 3.19. The average molecular weight is 276 g/mol. The lowest BCUT2D eigenvalue weighted by molar-refractivity contribution is 0.471. The first-order valence-electron chi connectivity index (χ1n) is 6.69. The van der Waals surface area contributed by atoms with Crippen LogP contribution in [0.15, 0.2) is 0 Å². The molecule has 1 aromatic rings. The van der Waals surface area contributed by atoms with E-state index in [0.717, 1.165) is 29.3 Å². The molecule has 5 heteroatoms. The van der Waals surface area contributed by atoms with Crippen molar-refractivity contribution in [3.63, 3.8) is 0 Å². The van der Waals surface area contributed by atoms with Crippen LogP contribution < -0.4 is 5.32 Å². The summed E-state index contributed by atoms with van der Waals surface area (Å²) in [5, 5.41) is 21.7. The first-order chi connectivity index (χ1) is 9.15. The first kappa shape index (κ1) is 14.1. The average Bonchev–Trinajstić information content (AvgIpc) is 2.44. The van der Waals surface area contributed by atoms with Crippen molar-refractivity contribution in [3.05, 3.63) is 16.8 Å². The molecule has 0 radical (unpaired) electrons. The van der Waals surface area contributed by atoms with E-state index >= 15 is 0 Å². The fourth-order valence-corrected chi connectivity index (χ4v) is 3.23. The molecule has 0 bridgehead atoms. The summed E-state index contributed by atoms with van der Waals surface area (Å²) in [6.07, 6.45) is 6.94. The molecule has 1 aliphatic carbocycles. The topological polar surface area (TPSA) is 61.6 Å². The van der Waals surface area contributed by atoms with E-state index in [1.165, 1.54) is 12.8 Å². The molecule has 0 aromatic carbocycles. The van der Waals surface area contributed by atoms with Crippen molar-refractivity contribution in [1.29, 1.82) is 5.26 Å². The minimum atomic E-state index is 0.423. The summed E-state index contributed by atoms with van der Waals surface area (Å²) in [5.74, 6) is 0.651. The Morgan fingerprint density at radius 3 is 2.47 bits per heavy atom. The van der Waals surface area contributed by atoms with E-state index < -0.39 is 0 Å². The van der Waals surface area contributed by atoms with Crippen LogP contribution in [-0.2, 0) is 0 Å². The molecule has 1 aromatic heterocycles. The maximum Gasteiger partial charge on any atom is 0.167 e. The quantitative estimate of drug-likeness (QED) is 0.919. The van der Waals surface area contributed by atoms with Crippen LogP contribution in [0.25, 0.3) is 0 Å². The molecule has 19 heavy (non-hydrogen) atoms. The fourth-order valence-electron chi connectivity index (χ4n) is 2.48. The third-order valence-electron chi connectivity index (χ3n) is 3.91. The third-order valence-corrected chi connectivity index (χ3v) is 5.05. The van der Waals surface area contributed by atoms with Gasteiger partial charge in [0, 0.05) is 11.3 Å². The molecule has 102 valence electrons. The van der Waals surface area contributed by atoms with Gasteiger partial charge in [0.1, 0.15) is 11.6 Å². The maximum atomic E-state index is 9.27. The van der Waals surface area contributed by atoms with E-state index in [1.807, 2.05) is 25.6 Å². The number of hydrogen-bond acceptors (Lipinski definition) is 5. The molecule has 0 unspecified atom stereocenters. The van der Waals surface area contributed by atoms with E-state index in [2.05, 4.69) is 27.8 Å². The Morgan fingerprint density at radius 1 is 1.21 bits per heavy atom. The highest BCUT2D eigenvalue weighted by Crippen LogP contribution is 2.29. The van der Waals surface area contributed by atoms with Crippen LogP contribution in [0.2, 0.25) is 0 Å². The van der Waals surface area contributed by atoms with Gasteiger partial charge in [-0.2, -0.15) is 22.1 Å². The highest BCUT2D eigenvalue weighted by molar-refractivity contribution is 7.99. The van der Waals surface area contributed by atoms with Gasteiger partial charge in [-0.3, -0.25) is 0 Å². The molecular weight excluding hydrogens is 256 g/mol. The van der Waals surface area contributed by atoms with Crippen molar-refractivity contribution >= 4 is 17.6 Å². The monoisotopic (exact) mass is 276 g/mol. The van der Waals surface area contributed by atoms with E-state index in [1.54, 1.807) is 0 Å². The highest BCUT2D eigenvalue weighted by atomic mass is 32.2. The second-order valence-corrected chi connectivity index (χ2v) is 6.24. The SMILES string of the molecule is CSC1CCC(Nc2nnc(C)c(C)c2C#N)CC1. The number of rotatable bonds is 3. The number of aromatic nitrogens is 2. The van der Waals surface area contributed by atoms with Crippen LogP contribution in [0.1, 0.15) is 42.5 Å². The number of nitriles is 1. The van der Waals surface area contributed by atoms with Crippen LogP contribution >= 0.6 is 11.8 Å². The van der Waals surface area contributed by atoms with Gasteiger partial charge < -0.3 is 5.32 Å². The maximum absolute atomic E-state index is 9.27. The Bertz CT molecular complexity index is 487. The highest BCUT2D eigenvalue weighted by Gasteiger charge is 2.22. The number of nitrogens with one attached hydrogen (secondary N) is 1. The Labute approximate surface area is 119 Å². The molecule has 1 saturated carbocycles. The van der Waals surface area contributed by atoms with Crippen molar-refractivity contribution in [2.24, 2.45) is 0 Å². The van der Waals surface area contributed by atoms with Crippen molar-refractivity contribution in [3.8, 4) is 6.07 Å². The lowest BCUT2D eigenvalue weighted by Crippen LogP contribution is -2.28. The lowest BCUT2D eigenvalue weighted by atomic mass is 9.95. The van der Waals surface area contributed by atoms with Crippen LogP contribution in [0, 0.1) is 25.2 Å². The van der Waals surface area contributed by atoms with Crippen molar-refractivity contribution < 1.29 is 0 Å². The number of anilines is 1. The molecule has 1 N–H and O–H groups in total. The molecular formula is C14H20N4S. The zero-order valence-corrected chi connectivity index (χ0v) is 12.5. The van der Waals surface area contributed by atoms with Gasteiger partial charge in [-0.15, -0.1) is 5.10 Å². The molecule has 0 aliphatic heterocycles. The molecule has 0 saturated heterocycles. The largest absolute Gasteiger partial charge is 0.365 e. The van der Waals surface area contributed by atoms with E-state index in [0.29, 0.717) is 17.4 Å². The predicted octanol–water partition coefficient (Wildman–Crippen LogP) is 3.05. The molecule has 0 amide bonds. The van der Waals surface area contributed by atoms with Gasteiger partial charge in [0.2, 0.25) is 0 Å². The Morgan fingerprint density at radius 2 is 1.89 bits per heavy atom. The Hall–Kier alpha value is -1.28. The normalized spacial score (nSPS) is 22.8.